The van der Waals surface area contributed by atoms with Gasteiger partial charge in [-0.3, -0.25) is 4.79 Å². The number of sulfonamides is 1. The van der Waals surface area contributed by atoms with Crippen LogP contribution < -0.4 is 20.5 Å². The first-order chi connectivity index (χ1) is 15.2. The predicted molar refractivity (Wildman–Crippen MR) is 122 cm³/mol. The zero-order valence-corrected chi connectivity index (χ0v) is 19.1. The van der Waals surface area contributed by atoms with Crippen LogP contribution in [0, 0.1) is 5.82 Å². The Morgan fingerprint density at radius 2 is 1.94 bits per heavy atom. The van der Waals surface area contributed by atoms with Crippen molar-refractivity contribution in [3.8, 4) is 5.75 Å². The van der Waals surface area contributed by atoms with Crippen molar-refractivity contribution < 1.29 is 22.3 Å². The molecule has 1 aliphatic rings. The lowest BCUT2D eigenvalue weighted by Gasteiger charge is -2.22. The Kier molecular flexibility index (Phi) is 7.86. The lowest BCUT2D eigenvalue weighted by Crippen LogP contribution is -2.31. The zero-order valence-electron chi connectivity index (χ0n) is 18.3. The summed E-state index contributed by atoms with van der Waals surface area (Å²) in [5.41, 5.74) is 2.57. The number of halogens is 1. The number of methoxy groups -OCH3 is 1. The Hall–Kier alpha value is -2.49. The second-order valence-electron chi connectivity index (χ2n) is 8.23. The van der Waals surface area contributed by atoms with Gasteiger partial charge in [0.25, 0.3) is 5.91 Å². The van der Waals surface area contributed by atoms with E-state index in [9.17, 15) is 17.6 Å². The van der Waals surface area contributed by atoms with E-state index in [1.807, 2.05) is 19.1 Å². The van der Waals surface area contributed by atoms with Crippen molar-refractivity contribution in [2.24, 2.45) is 5.14 Å². The molecular formula is C23H30FN3O4S. The fraction of sp³-hybridized carbons (Fsp3) is 0.435. The molecule has 7 nitrogen and oxygen atoms in total. The highest BCUT2D eigenvalue weighted by molar-refractivity contribution is 7.89. The largest absolute Gasteiger partial charge is 0.496 e. The molecule has 0 saturated heterocycles. The van der Waals surface area contributed by atoms with E-state index in [1.165, 1.54) is 17.7 Å². The van der Waals surface area contributed by atoms with Crippen molar-refractivity contribution >= 4 is 15.9 Å². The van der Waals surface area contributed by atoms with E-state index in [0.29, 0.717) is 23.3 Å². The third kappa shape index (κ3) is 6.51. The lowest BCUT2D eigenvalue weighted by atomic mass is 9.96. The molecule has 1 saturated carbocycles. The van der Waals surface area contributed by atoms with Crippen LogP contribution in [0.1, 0.15) is 59.6 Å². The second-order valence-corrected chi connectivity index (χ2v) is 9.96. The van der Waals surface area contributed by atoms with Crippen molar-refractivity contribution in [1.82, 2.24) is 10.6 Å². The first kappa shape index (κ1) is 24.2. The van der Waals surface area contributed by atoms with Gasteiger partial charge in [0, 0.05) is 35.8 Å². The number of rotatable bonds is 9. The minimum Gasteiger partial charge on any atom is -0.496 e. The molecule has 0 bridgehead atoms. The third-order valence-corrected chi connectivity index (χ3v) is 6.67. The monoisotopic (exact) mass is 463 g/mol. The average Bonchev–Trinajstić information content (AvgIpc) is 3.21. The number of nitrogens with one attached hydrogen (secondary N) is 2. The number of hydrogen-bond acceptors (Lipinski definition) is 5. The molecule has 1 amide bonds. The van der Waals surface area contributed by atoms with Crippen LogP contribution in [-0.4, -0.2) is 39.8 Å². The van der Waals surface area contributed by atoms with Gasteiger partial charge in [-0.15, -0.1) is 0 Å². The Labute approximate surface area is 188 Å². The molecule has 3 rings (SSSR count). The van der Waals surface area contributed by atoms with Gasteiger partial charge in [0.05, 0.1) is 12.9 Å². The van der Waals surface area contributed by atoms with Gasteiger partial charge in [0.15, 0.2) is 0 Å². The van der Waals surface area contributed by atoms with Crippen LogP contribution in [0.25, 0.3) is 0 Å². The Morgan fingerprint density at radius 3 is 2.59 bits per heavy atom. The van der Waals surface area contributed by atoms with Crippen LogP contribution in [0.5, 0.6) is 5.75 Å². The molecule has 2 aromatic rings. The van der Waals surface area contributed by atoms with Crippen molar-refractivity contribution in [1.29, 1.82) is 0 Å². The molecule has 4 N–H and O–H groups in total. The highest BCUT2D eigenvalue weighted by Gasteiger charge is 2.27. The molecule has 3 atom stereocenters. The number of ether oxygens (including phenoxy) is 1. The molecule has 2 aromatic carbocycles. The van der Waals surface area contributed by atoms with Gasteiger partial charge in [-0.05, 0) is 55.9 Å². The van der Waals surface area contributed by atoms with Crippen LogP contribution in [0.3, 0.4) is 0 Å². The summed E-state index contributed by atoms with van der Waals surface area (Å²) in [5, 5.41) is 11.1. The number of carbonyl (C=O) groups excluding carboxylic acids is 1. The third-order valence-electron chi connectivity index (χ3n) is 5.90. The van der Waals surface area contributed by atoms with Gasteiger partial charge in [-0.2, -0.15) is 0 Å². The van der Waals surface area contributed by atoms with Gasteiger partial charge in [0.1, 0.15) is 11.6 Å². The summed E-state index contributed by atoms with van der Waals surface area (Å²) < 4.78 is 40.7. The minimum atomic E-state index is -3.60. The molecular weight excluding hydrogens is 433 g/mol. The molecule has 1 aliphatic carbocycles. The summed E-state index contributed by atoms with van der Waals surface area (Å²) in [6.45, 7) is 2.03. The van der Waals surface area contributed by atoms with Crippen LogP contribution >= 0.6 is 0 Å². The quantitative estimate of drug-likeness (QED) is 0.530. The topological polar surface area (TPSA) is 111 Å². The first-order valence-corrected chi connectivity index (χ1v) is 12.4. The number of primary sulfonamides is 1. The van der Waals surface area contributed by atoms with Crippen LogP contribution in [0.2, 0.25) is 0 Å². The van der Waals surface area contributed by atoms with Crippen molar-refractivity contribution in [3.63, 3.8) is 0 Å². The fourth-order valence-corrected chi connectivity index (χ4v) is 4.62. The number of nitrogens with two attached hydrogens (primary N) is 1. The minimum absolute atomic E-state index is 0.0214. The lowest BCUT2D eigenvalue weighted by molar-refractivity contribution is 0.0956. The van der Waals surface area contributed by atoms with Gasteiger partial charge in [-0.1, -0.05) is 18.2 Å². The first-order valence-electron chi connectivity index (χ1n) is 10.6. The maximum absolute atomic E-state index is 13.5. The Morgan fingerprint density at radius 1 is 1.22 bits per heavy atom. The summed E-state index contributed by atoms with van der Waals surface area (Å²) in [5.74, 6) is -0.0181. The molecule has 174 valence electrons. The predicted octanol–water partition coefficient (Wildman–Crippen LogP) is 2.84. The standard InChI is InChI=1S/C23H30FN3O4S/c1-15(21-10-8-19(24)14-22(21)31-2)27-20-9-7-18(13-20)16-3-5-17(6-4-16)23(28)26-11-12-32(25,29)30/h3-6,8,10,14-15,18,20,27H,7,9,11-13H2,1-2H3,(H,26,28)(H2,25,29,30)/t15-,18+,20?/m1/s1. The maximum atomic E-state index is 13.5. The summed E-state index contributed by atoms with van der Waals surface area (Å²) >= 11 is 0. The van der Waals surface area contributed by atoms with Crippen LogP contribution in [-0.2, 0) is 10.0 Å². The van der Waals surface area contributed by atoms with E-state index in [2.05, 4.69) is 10.6 Å². The van der Waals surface area contributed by atoms with Gasteiger partial charge in [0.2, 0.25) is 10.0 Å². The van der Waals surface area contributed by atoms with E-state index < -0.39 is 10.0 Å². The second kappa shape index (κ2) is 10.4. The van der Waals surface area contributed by atoms with E-state index in [4.69, 9.17) is 9.88 Å². The molecule has 0 aliphatic heterocycles. The van der Waals surface area contributed by atoms with Gasteiger partial charge in [-0.25, -0.2) is 17.9 Å². The highest BCUT2D eigenvalue weighted by atomic mass is 32.2. The summed E-state index contributed by atoms with van der Waals surface area (Å²) in [7, 11) is -2.06. The smallest absolute Gasteiger partial charge is 0.251 e. The number of amides is 1. The van der Waals surface area contributed by atoms with Crippen LogP contribution in [0.4, 0.5) is 4.39 Å². The maximum Gasteiger partial charge on any atom is 0.251 e. The van der Waals surface area contributed by atoms with Crippen molar-refractivity contribution in [2.75, 3.05) is 19.4 Å². The fourth-order valence-electron chi connectivity index (χ4n) is 4.24. The van der Waals surface area contributed by atoms with Gasteiger partial charge < -0.3 is 15.4 Å². The molecule has 9 heteroatoms. The number of benzene rings is 2. The normalized spacial score (nSPS) is 19.5. The summed E-state index contributed by atoms with van der Waals surface area (Å²) in [4.78, 5) is 12.2. The molecule has 1 unspecified atom stereocenters. The molecule has 0 aromatic heterocycles. The van der Waals surface area contributed by atoms with E-state index in [0.717, 1.165) is 24.8 Å². The number of hydrogen-bond donors (Lipinski definition) is 3. The van der Waals surface area contributed by atoms with E-state index in [1.54, 1.807) is 25.3 Å². The zero-order chi connectivity index (χ0) is 23.3. The van der Waals surface area contributed by atoms with E-state index >= 15 is 0 Å². The van der Waals surface area contributed by atoms with E-state index in [-0.39, 0.29) is 30.1 Å². The van der Waals surface area contributed by atoms with Crippen molar-refractivity contribution in [2.45, 2.75) is 44.2 Å². The van der Waals surface area contributed by atoms with Crippen molar-refractivity contribution in [3.05, 3.63) is 65.0 Å². The summed E-state index contributed by atoms with van der Waals surface area (Å²) in [6.07, 6.45) is 3.02. The Balaban J connectivity index is 1.54. The van der Waals surface area contributed by atoms with Crippen LogP contribution in [0.15, 0.2) is 42.5 Å². The van der Waals surface area contributed by atoms with Gasteiger partial charge >= 0.3 is 0 Å². The molecule has 32 heavy (non-hydrogen) atoms. The molecule has 1 fully saturated rings. The SMILES string of the molecule is COc1cc(F)ccc1[C@@H](C)NC1CC[C@H](c2ccc(C(=O)NCCS(N)(=O)=O)cc2)C1. The summed E-state index contributed by atoms with van der Waals surface area (Å²) in [6, 6.07) is 12.4. The molecule has 0 radical (unpaired) electrons. The Bertz CT molecular complexity index is 1040. The average molecular weight is 464 g/mol. The number of carbonyl (C=O) groups is 1. The molecule has 0 spiro atoms. The highest BCUT2D eigenvalue weighted by Crippen LogP contribution is 2.36. The molecule has 0 heterocycles.